The van der Waals surface area contributed by atoms with Gasteiger partial charge in [-0.05, 0) is 18.6 Å². The predicted molar refractivity (Wildman–Crippen MR) is 78.1 cm³/mol. The normalized spacial score (nSPS) is 11.8. The molecule has 0 atom stereocenters. The van der Waals surface area contributed by atoms with E-state index in [4.69, 9.17) is 28.3 Å². The van der Waals surface area contributed by atoms with E-state index in [0.29, 0.717) is 13.0 Å². The SMILES string of the molecule is CCCN(CC)S(=O)(=O)c1cc(Cl)cc(C(=O)O)c1Cl. The summed E-state index contributed by atoms with van der Waals surface area (Å²) in [5.41, 5.74) is -0.328. The molecule has 20 heavy (non-hydrogen) atoms. The summed E-state index contributed by atoms with van der Waals surface area (Å²) in [7, 11) is -3.87. The fraction of sp³-hybridized carbons (Fsp3) is 0.417. The van der Waals surface area contributed by atoms with Crippen molar-refractivity contribution in [3.05, 3.63) is 27.7 Å². The van der Waals surface area contributed by atoms with Crippen LogP contribution in [-0.4, -0.2) is 36.9 Å². The van der Waals surface area contributed by atoms with Gasteiger partial charge in [0.1, 0.15) is 4.90 Å². The minimum absolute atomic E-state index is 0.0120. The van der Waals surface area contributed by atoms with E-state index in [1.807, 2.05) is 6.92 Å². The first-order chi connectivity index (χ1) is 9.25. The van der Waals surface area contributed by atoms with E-state index < -0.39 is 16.0 Å². The maximum Gasteiger partial charge on any atom is 0.337 e. The molecule has 0 saturated carbocycles. The highest BCUT2D eigenvalue weighted by atomic mass is 35.5. The molecule has 0 aromatic heterocycles. The van der Waals surface area contributed by atoms with Crippen LogP contribution in [0.2, 0.25) is 10.0 Å². The largest absolute Gasteiger partial charge is 0.478 e. The fourth-order valence-corrected chi connectivity index (χ4v) is 4.16. The van der Waals surface area contributed by atoms with E-state index in [1.165, 1.54) is 10.4 Å². The van der Waals surface area contributed by atoms with Crippen LogP contribution in [0.15, 0.2) is 17.0 Å². The first kappa shape index (κ1) is 17.2. The highest BCUT2D eigenvalue weighted by molar-refractivity contribution is 7.89. The van der Waals surface area contributed by atoms with Crippen molar-refractivity contribution in [3.8, 4) is 0 Å². The summed E-state index contributed by atoms with van der Waals surface area (Å²) in [5.74, 6) is -1.33. The van der Waals surface area contributed by atoms with Crippen LogP contribution >= 0.6 is 23.2 Å². The topological polar surface area (TPSA) is 74.7 Å². The molecule has 0 amide bonds. The number of rotatable bonds is 6. The third-order valence-electron chi connectivity index (χ3n) is 2.68. The molecule has 1 rings (SSSR count). The number of halogens is 2. The average molecular weight is 340 g/mol. The van der Waals surface area contributed by atoms with Crippen molar-refractivity contribution in [2.24, 2.45) is 0 Å². The number of benzene rings is 1. The summed E-state index contributed by atoms with van der Waals surface area (Å²) < 4.78 is 26.2. The Morgan fingerprint density at radius 3 is 2.35 bits per heavy atom. The molecule has 0 saturated heterocycles. The van der Waals surface area contributed by atoms with Crippen molar-refractivity contribution < 1.29 is 18.3 Å². The molecule has 0 heterocycles. The van der Waals surface area contributed by atoms with Crippen LogP contribution in [0.5, 0.6) is 0 Å². The summed E-state index contributed by atoms with van der Waals surface area (Å²) in [6.45, 7) is 4.13. The molecule has 0 spiro atoms. The van der Waals surface area contributed by atoms with Crippen molar-refractivity contribution >= 4 is 39.2 Å². The standard InChI is InChI=1S/C12H15Cl2NO4S/c1-3-5-15(4-2)20(18,19)10-7-8(13)6-9(11(10)14)12(16)17/h6-7H,3-5H2,1-2H3,(H,16,17). The van der Waals surface area contributed by atoms with E-state index in [-0.39, 0.29) is 27.0 Å². The monoisotopic (exact) mass is 339 g/mol. The minimum Gasteiger partial charge on any atom is -0.478 e. The molecule has 0 bridgehead atoms. The zero-order valence-electron chi connectivity index (χ0n) is 11.1. The number of hydrogen-bond acceptors (Lipinski definition) is 3. The van der Waals surface area contributed by atoms with Crippen LogP contribution in [0.3, 0.4) is 0 Å². The van der Waals surface area contributed by atoms with Gasteiger partial charge in [0, 0.05) is 18.1 Å². The summed E-state index contributed by atoms with van der Waals surface area (Å²) >= 11 is 11.7. The number of carboxylic acids is 1. The molecular weight excluding hydrogens is 325 g/mol. The highest BCUT2D eigenvalue weighted by Crippen LogP contribution is 2.31. The van der Waals surface area contributed by atoms with Crippen LogP contribution < -0.4 is 0 Å². The Balaban J connectivity index is 3.49. The lowest BCUT2D eigenvalue weighted by Crippen LogP contribution is -2.32. The Bertz CT molecular complexity index is 616. The highest BCUT2D eigenvalue weighted by Gasteiger charge is 2.28. The van der Waals surface area contributed by atoms with E-state index in [0.717, 1.165) is 6.07 Å². The predicted octanol–water partition coefficient (Wildman–Crippen LogP) is 3.11. The lowest BCUT2D eigenvalue weighted by Gasteiger charge is -2.21. The molecule has 1 aromatic rings. The number of hydrogen-bond donors (Lipinski definition) is 1. The third kappa shape index (κ3) is 3.44. The van der Waals surface area contributed by atoms with Gasteiger partial charge in [0.05, 0.1) is 10.6 Å². The van der Waals surface area contributed by atoms with Gasteiger partial charge in [0.2, 0.25) is 10.0 Å². The number of carbonyl (C=O) groups is 1. The van der Waals surface area contributed by atoms with E-state index in [9.17, 15) is 13.2 Å². The molecule has 0 aliphatic heterocycles. The zero-order valence-corrected chi connectivity index (χ0v) is 13.4. The van der Waals surface area contributed by atoms with Gasteiger partial charge in [0.15, 0.2) is 0 Å². The molecule has 8 heteroatoms. The average Bonchev–Trinajstić information content (AvgIpc) is 2.37. The van der Waals surface area contributed by atoms with E-state index in [1.54, 1.807) is 6.92 Å². The second kappa shape index (κ2) is 6.76. The molecule has 0 fully saturated rings. The molecule has 5 nitrogen and oxygen atoms in total. The van der Waals surface area contributed by atoms with Gasteiger partial charge in [-0.3, -0.25) is 0 Å². The number of aromatic carboxylic acids is 1. The number of nitrogens with zero attached hydrogens (tertiary/aromatic N) is 1. The summed E-state index contributed by atoms with van der Waals surface area (Å²) in [4.78, 5) is 10.8. The van der Waals surface area contributed by atoms with Crippen LogP contribution in [0.25, 0.3) is 0 Å². The van der Waals surface area contributed by atoms with Crippen molar-refractivity contribution in [2.75, 3.05) is 13.1 Å². The molecule has 1 N–H and O–H groups in total. The van der Waals surface area contributed by atoms with E-state index in [2.05, 4.69) is 0 Å². The molecule has 1 aromatic carbocycles. The summed E-state index contributed by atoms with van der Waals surface area (Å²) in [6, 6.07) is 2.30. The Labute approximate surface area is 128 Å². The number of sulfonamides is 1. The van der Waals surface area contributed by atoms with Crippen molar-refractivity contribution in [1.29, 1.82) is 0 Å². The quantitative estimate of drug-likeness (QED) is 0.863. The van der Waals surface area contributed by atoms with Gasteiger partial charge >= 0.3 is 5.97 Å². The van der Waals surface area contributed by atoms with Gasteiger partial charge in [-0.2, -0.15) is 4.31 Å². The minimum atomic E-state index is -3.87. The summed E-state index contributed by atoms with van der Waals surface area (Å²) in [6.07, 6.45) is 0.636. The second-order valence-corrected chi connectivity index (χ2v) is 6.79. The maximum absolute atomic E-state index is 12.5. The van der Waals surface area contributed by atoms with Crippen molar-refractivity contribution in [2.45, 2.75) is 25.2 Å². The van der Waals surface area contributed by atoms with Gasteiger partial charge in [-0.25, -0.2) is 13.2 Å². The first-order valence-corrected chi connectivity index (χ1v) is 8.17. The van der Waals surface area contributed by atoms with Crippen molar-refractivity contribution in [1.82, 2.24) is 4.31 Å². The lowest BCUT2D eigenvalue weighted by molar-refractivity contribution is 0.0697. The van der Waals surface area contributed by atoms with Gasteiger partial charge in [0.25, 0.3) is 0 Å². The molecule has 0 aliphatic rings. The van der Waals surface area contributed by atoms with Crippen LogP contribution in [-0.2, 0) is 10.0 Å². The summed E-state index contributed by atoms with van der Waals surface area (Å²) in [5, 5.41) is 8.72. The lowest BCUT2D eigenvalue weighted by atomic mass is 10.2. The molecule has 112 valence electrons. The van der Waals surface area contributed by atoms with Crippen molar-refractivity contribution in [3.63, 3.8) is 0 Å². The Hall–Kier alpha value is -0.820. The smallest absolute Gasteiger partial charge is 0.337 e. The number of carboxylic acid groups (broad SMARTS) is 1. The zero-order chi connectivity index (χ0) is 15.5. The van der Waals surface area contributed by atoms with Gasteiger partial charge in [-0.1, -0.05) is 37.0 Å². The maximum atomic E-state index is 12.5. The second-order valence-electron chi connectivity index (χ2n) is 4.07. The fourth-order valence-electron chi connectivity index (χ4n) is 1.74. The molecular formula is C12H15Cl2NO4S. The molecule has 0 aliphatic carbocycles. The van der Waals surface area contributed by atoms with Crippen LogP contribution in [0.1, 0.15) is 30.6 Å². The third-order valence-corrected chi connectivity index (χ3v) is 5.41. The van der Waals surface area contributed by atoms with Crippen LogP contribution in [0.4, 0.5) is 0 Å². The Morgan fingerprint density at radius 1 is 1.30 bits per heavy atom. The first-order valence-electron chi connectivity index (χ1n) is 5.98. The molecule has 0 radical (unpaired) electrons. The van der Waals surface area contributed by atoms with Crippen LogP contribution in [0, 0.1) is 0 Å². The van der Waals surface area contributed by atoms with Gasteiger partial charge in [-0.15, -0.1) is 0 Å². The Morgan fingerprint density at radius 2 is 1.90 bits per heavy atom. The van der Waals surface area contributed by atoms with Gasteiger partial charge < -0.3 is 5.11 Å². The molecule has 0 unspecified atom stereocenters. The van der Waals surface area contributed by atoms with E-state index >= 15 is 0 Å². The Kier molecular flexibility index (Phi) is 5.82.